The van der Waals surface area contributed by atoms with Gasteiger partial charge in [-0.25, -0.2) is 0 Å². The number of benzene rings is 1. The number of hydrogen-bond donors (Lipinski definition) is 4. The van der Waals surface area contributed by atoms with Crippen molar-refractivity contribution in [2.75, 3.05) is 19.1 Å². The van der Waals surface area contributed by atoms with Crippen LogP contribution in [0.4, 0.5) is 0 Å². The zero-order chi connectivity index (χ0) is 23.1. The van der Waals surface area contributed by atoms with Gasteiger partial charge in [0.2, 0.25) is 0 Å². The molecule has 0 fully saturated rings. The van der Waals surface area contributed by atoms with Gasteiger partial charge >= 0.3 is 0 Å². The Labute approximate surface area is 181 Å². The Morgan fingerprint density at radius 1 is 1.00 bits per heavy atom. The van der Waals surface area contributed by atoms with E-state index in [1.807, 2.05) is 18.2 Å². The van der Waals surface area contributed by atoms with Gasteiger partial charge in [-0.2, -0.15) is 16.8 Å². The molecule has 0 aliphatic heterocycles. The van der Waals surface area contributed by atoms with E-state index in [9.17, 15) is 21.6 Å². The maximum absolute atomic E-state index is 12.0. The monoisotopic (exact) mass is 470 g/mol. The number of Topliss-reactive ketones (excluding diaryl/α,β-unsaturated/α-hetero) is 1. The molecule has 0 saturated carbocycles. The number of unbranched alkanes of at least 4 members (excludes halogenated alkanes) is 1. The van der Waals surface area contributed by atoms with Gasteiger partial charge in [0.25, 0.3) is 20.2 Å². The molecule has 0 heterocycles. The van der Waals surface area contributed by atoms with Crippen LogP contribution in [0.1, 0.15) is 45.6 Å². The van der Waals surface area contributed by atoms with E-state index in [1.54, 1.807) is 0 Å². The minimum Gasteiger partial charge on any atom is -0.330 e. The molecule has 0 aromatic heterocycles. The lowest BCUT2D eigenvalue weighted by Crippen LogP contribution is -2.31. The van der Waals surface area contributed by atoms with Crippen LogP contribution in [-0.2, 0) is 31.5 Å². The third-order valence-corrected chi connectivity index (χ3v) is 3.36. The van der Waals surface area contributed by atoms with E-state index in [0.717, 1.165) is 25.7 Å². The minimum absolute atomic E-state index is 0. The molecule has 9 nitrogen and oxygen atoms in total. The van der Waals surface area contributed by atoms with Crippen LogP contribution in [0.25, 0.3) is 0 Å². The maximum Gasteiger partial charge on any atom is 0.261 e. The Morgan fingerprint density at radius 2 is 1.43 bits per heavy atom. The molecule has 0 radical (unpaired) electrons. The van der Waals surface area contributed by atoms with Gasteiger partial charge in [-0.05, 0) is 37.3 Å². The van der Waals surface area contributed by atoms with E-state index in [0.29, 0.717) is 31.4 Å². The van der Waals surface area contributed by atoms with Gasteiger partial charge in [-0.3, -0.25) is 13.9 Å². The van der Waals surface area contributed by atoms with Crippen molar-refractivity contribution in [1.82, 2.24) is 0 Å². The third kappa shape index (κ3) is 31.3. The highest BCUT2D eigenvalue weighted by Gasteiger charge is 2.16. The highest BCUT2D eigenvalue weighted by molar-refractivity contribution is 7.85. The summed E-state index contributed by atoms with van der Waals surface area (Å²) in [6, 6.07) is 9.95. The summed E-state index contributed by atoms with van der Waals surface area (Å²) in [6.45, 7) is 2.78. The first-order valence-electron chi connectivity index (χ1n) is 9.00. The van der Waals surface area contributed by atoms with Crippen LogP contribution in [0, 0.1) is 5.92 Å². The normalized spacial score (nSPS) is 12.8. The first-order chi connectivity index (χ1) is 13.1. The van der Waals surface area contributed by atoms with E-state index < -0.39 is 20.2 Å². The Kier molecular flexibility index (Phi) is 19.2. The SMILES string of the molecule is C.CS(=O)(=O)O.CS(=O)(=O)O.C[C@H](CC(=O)[C@@H](N)CCCCN)Cc1ccccc1. The van der Waals surface area contributed by atoms with Crippen molar-refractivity contribution in [3.05, 3.63) is 35.9 Å². The standard InChI is InChI=1S/C16H26N2O.2CH4O3S.CH4/c1-13(11-14-7-3-2-4-8-14)12-16(19)15(18)9-5-6-10-17;2*1-5(2,3)4;/h2-4,7-8,13,15H,5-6,9-12,17-18H2,1H3;2*1H3,(H,2,3,4);1H4/t13-,15-;;;/m0.../s1. The molecular formula is C19H38N2O7S2. The van der Waals surface area contributed by atoms with Crippen LogP contribution >= 0.6 is 0 Å². The van der Waals surface area contributed by atoms with Crippen LogP contribution < -0.4 is 11.5 Å². The molecule has 0 unspecified atom stereocenters. The molecular weight excluding hydrogens is 432 g/mol. The average molecular weight is 471 g/mol. The molecule has 30 heavy (non-hydrogen) atoms. The van der Waals surface area contributed by atoms with E-state index in [1.165, 1.54) is 5.56 Å². The number of rotatable bonds is 9. The van der Waals surface area contributed by atoms with Crippen molar-refractivity contribution < 1.29 is 30.7 Å². The molecule has 178 valence electrons. The number of ketones is 1. The molecule has 0 bridgehead atoms. The lowest BCUT2D eigenvalue weighted by atomic mass is 9.92. The van der Waals surface area contributed by atoms with Crippen molar-refractivity contribution in [2.45, 2.75) is 52.5 Å². The predicted molar refractivity (Wildman–Crippen MR) is 121 cm³/mol. The molecule has 0 aliphatic carbocycles. The van der Waals surface area contributed by atoms with Crippen LogP contribution in [-0.4, -0.2) is 56.8 Å². The molecule has 0 saturated heterocycles. The Bertz CT molecular complexity index is 721. The first kappa shape index (κ1) is 33.3. The summed E-state index contributed by atoms with van der Waals surface area (Å²) in [5.74, 6) is 0.524. The molecule has 2 atom stereocenters. The summed E-state index contributed by atoms with van der Waals surface area (Å²) in [5.41, 5.74) is 12.6. The number of carbonyl (C=O) groups excluding carboxylic acids is 1. The van der Waals surface area contributed by atoms with Crippen LogP contribution in [0.3, 0.4) is 0 Å². The van der Waals surface area contributed by atoms with Crippen molar-refractivity contribution in [3.63, 3.8) is 0 Å². The first-order valence-corrected chi connectivity index (χ1v) is 12.7. The van der Waals surface area contributed by atoms with Gasteiger partial charge in [0.1, 0.15) is 5.78 Å². The second kappa shape index (κ2) is 17.3. The van der Waals surface area contributed by atoms with E-state index in [2.05, 4.69) is 19.1 Å². The largest absolute Gasteiger partial charge is 0.330 e. The Hall–Kier alpha value is -1.37. The molecule has 6 N–H and O–H groups in total. The lowest BCUT2D eigenvalue weighted by molar-refractivity contribution is -0.121. The van der Waals surface area contributed by atoms with Gasteiger partial charge in [-0.15, -0.1) is 0 Å². The van der Waals surface area contributed by atoms with Gasteiger partial charge in [-0.1, -0.05) is 51.1 Å². The fraction of sp³-hybridized carbons (Fsp3) is 0.632. The summed E-state index contributed by atoms with van der Waals surface area (Å²) in [7, 11) is -7.33. The quantitative estimate of drug-likeness (QED) is 0.310. The highest BCUT2D eigenvalue weighted by atomic mass is 32.2. The summed E-state index contributed by atoms with van der Waals surface area (Å²) in [6.07, 6.45) is 5.58. The zero-order valence-corrected chi connectivity index (χ0v) is 18.8. The summed E-state index contributed by atoms with van der Waals surface area (Å²) in [5, 5.41) is 0. The molecule has 1 aromatic rings. The fourth-order valence-electron chi connectivity index (χ4n) is 2.25. The molecule has 0 amide bonds. The second-order valence-electron chi connectivity index (χ2n) is 6.82. The number of nitrogens with two attached hydrogens (primary N) is 2. The molecule has 1 rings (SSSR count). The lowest BCUT2D eigenvalue weighted by Gasteiger charge is -2.14. The fourth-order valence-corrected chi connectivity index (χ4v) is 2.25. The van der Waals surface area contributed by atoms with Crippen molar-refractivity contribution in [2.24, 2.45) is 17.4 Å². The average Bonchev–Trinajstić information content (AvgIpc) is 2.52. The highest BCUT2D eigenvalue weighted by Crippen LogP contribution is 2.13. The van der Waals surface area contributed by atoms with Crippen LogP contribution in [0.2, 0.25) is 0 Å². The van der Waals surface area contributed by atoms with Gasteiger partial charge < -0.3 is 11.5 Å². The topological polar surface area (TPSA) is 178 Å². The van der Waals surface area contributed by atoms with E-state index >= 15 is 0 Å². The Balaban J connectivity index is -0.000000553. The van der Waals surface area contributed by atoms with Crippen molar-refractivity contribution in [3.8, 4) is 0 Å². The number of hydrogen-bond acceptors (Lipinski definition) is 7. The van der Waals surface area contributed by atoms with Crippen molar-refractivity contribution >= 4 is 26.0 Å². The van der Waals surface area contributed by atoms with Crippen LogP contribution in [0.15, 0.2) is 30.3 Å². The maximum atomic E-state index is 12.0. The van der Waals surface area contributed by atoms with Crippen LogP contribution in [0.5, 0.6) is 0 Å². The molecule has 11 heteroatoms. The van der Waals surface area contributed by atoms with Gasteiger partial charge in [0.15, 0.2) is 0 Å². The van der Waals surface area contributed by atoms with Crippen molar-refractivity contribution in [1.29, 1.82) is 0 Å². The zero-order valence-electron chi connectivity index (χ0n) is 17.2. The second-order valence-corrected chi connectivity index (χ2v) is 9.75. The van der Waals surface area contributed by atoms with Gasteiger partial charge in [0, 0.05) is 6.42 Å². The minimum atomic E-state index is -3.67. The summed E-state index contributed by atoms with van der Waals surface area (Å²) in [4.78, 5) is 12.0. The summed E-state index contributed by atoms with van der Waals surface area (Å²) < 4.78 is 51.7. The summed E-state index contributed by atoms with van der Waals surface area (Å²) >= 11 is 0. The van der Waals surface area contributed by atoms with E-state index in [4.69, 9.17) is 20.6 Å². The smallest absolute Gasteiger partial charge is 0.261 e. The molecule has 1 aromatic carbocycles. The predicted octanol–water partition coefficient (Wildman–Crippen LogP) is 1.92. The molecule has 0 spiro atoms. The third-order valence-electron chi connectivity index (χ3n) is 3.36. The van der Waals surface area contributed by atoms with E-state index in [-0.39, 0.29) is 19.3 Å². The number of carbonyl (C=O) groups is 1. The molecule has 0 aliphatic rings. The van der Waals surface area contributed by atoms with Gasteiger partial charge in [0.05, 0.1) is 18.6 Å². The Morgan fingerprint density at radius 3 is 1.83 bits per heavy atom.